The highest BCUT2D eigenvalue weighted by molar-refractivity contribution is 7.90. The van der Waals surface area contributed by atoms with E-state index < -0.39 is 22.0 Å². The summed E-state index contributed by atoms with van der Waals surface area (Å²) in [6, 6.07) is 11.3. The van der Waals surface area contributed by atoms with E-state index in [0.717, 1.165) is 49.4 Å². The summed E-state index contributed by atoms with van der Waals surface area (Å²) in [5.41, 5.74) is 3.34. The van der Waals surface area contributed by atoms with Gasteiger partial charge in [0.05, 0.1) is 24.2 Å². The number of halogens is 1. The molecule has 9 heteroatoms. The zero-order valence-electron chi connectivity index (χ0n) is 21.2. The van der Waals surface area contributed by atoms with Crippen molar-refractivity contribution in [2.45, 2.75) is 50.0 Å². The first-order valence-electron chi connectivity index (χ1n) is 13.4. The largest absolute Gasteiger partial charge is 0.490 e. The quantitative estimate of drug-likeness (QED) is 0.472. The predicted octanol–water partition coefficient (Wildman–Crippen LogP) is 4.22. The topological polar surface area (TPSA) is 95.9 Å². The molecule has 2 aliphatic heterocycles. The first kappa shape index (κ1) is 25.7. The van der Waals surface area contributed by atoms with Crippen LogP contribution in [0.25, 0.3) is 0 Å². The maximum Gasteiger partial charge on any atom is 0.264 e. The van der Waals surface area contributed by atoms with Crippen LogP contribution in [-0.4, -0.2) is 51.0 Å². The van der Waals surface area contributed by atoms with Crippen LogP contribution in [0.5, 0.6) is 5.75 Å². The van der Waals surface area contributed by atoms with E-state index in [-0.39, 0.29) is 35.0 Å². The molecule has 2 aliphatic carbocycles. The zero-order chi connectivity index (χ0) is 26.5. The number of nitrogens with one attached hydrogen (secondary N) is 1. The molecule has 7 nitrogen and oxygen atoms in total. The molecule has 202 valence electrons. The summed E-state index contributed by atoms with van der Waals surface area (Å²) in [5, 5.41) is 11.6. The fourth-order valence-electron chi connectivity index (χ4n) is 6.66. The van der Waals surface area contributed by atoms with Gasteiger partial charge in [0.25, 0.3) is 5.91 Å². The van der Waals surface area contributed by atoms with E-state index in [4.69, 9.17) is 16.3 Å². The molecular formula is C29H33ClN2O5S. The van der Waals surface area contributed by atoms with Gasteiger partial charge in [0.15, 0.2) is 0 Å². The van der Waals surface area contributed by atoms with Crippen molar-refractivity contribution in [2.24, 2.45) is 11.8 Å². The number of benzene rings is 2. The second kappa shape index (κ2) is 9.88. The van der Waals surface area contributed by atoms with Crippen molar-refractivity contribution >= 4 is 33.2 Å². The number of amides is 1. The molecule has 1 fully saturated rings. The van der Waals surface area contributed by atoms with Crippen LogP contribution in [0.15, 0.2) is 48.6 Å². The van der Waals surface area contributed by atoms with Gasteiger partial charge >= 0.3 is 0 Å². The molecule has 0 unspecified atom stereocenters. The van der Waals surface area contributed by atoms with E-state index in [2.05, 4.69) is 21.8 Å². The number of aliphatic hydroxyl groups excluding tert-OH is 1. The lowest BCUT2D eigenvalue weighted by molar-refractivity contribution is 0.0456. The fourth-order valence-corrected chi connectivity index (χ4v) is 7.81. The van der Waals surface area contributed by atoms with Gasteiger partial charge in [-0.3, -0.25) is 4.79 Å². The summed E-state index contributed by atoms with van der Waals surface area (Å²) < 4.78 is 33.8. The number of carbonyl (C=O) groups is 1. The number of fused-ring (bicyclic) bond motifs is 4. The number of carbonyl (C=O) groups excluding carboxylic acids is 1. The lowest BCUT2D eigenvalue weighted by Gasteiger charge is -2.45. The highest BCUT2D eigenvalue weighted by Gasteiger charge is 2.44. The molecule has 6 rings (SSSR count). The number of allylic oxidation sites excluding steroid dienone is 1. The highest BCUT2D eigenvalue weighted by atomic mass is 35.5. The van der Waals surface area contributed by atoms with Gasteiger partial charge in [0, 0.05) is 29.1 Å². The lowest BCUT2D eigenvalue weighted by Crippen LogP contribution is -2.49. The Balaban J connectivity index is 1.43. The molecule has 2 heterocycles. The van der Waals surface area contributed by atoms with Crippen molar-refractivity contribution in [3.63, 3.8) is 0 Å². The number of ether oxygens (including phenoxy) is 1. The Bertz CT molecular complexity index is 1390. The molecule has 1 spiro atoms. The number of nitrogens with zero attached hydrogens (tertiary/aromatic N) is 1. The van der Waals surface area contributed by atoms with Gasteiger partial charge in [-0.15, -0.1) is 0 Å². The summed E-state index contributed by atoms with van der Waals surface area (Å²) >= 11 is 6.35. The number of hydrogen-bond acceptors (Lipinski definition) is 6. The maximum absolute atomic E-state index is 13.0. The van der Waals surface area contributed by atoms with Gasteiger partial charge < -0.3 is 14.7 Å². The second-order valence-electron chi connectivity index (χ2n) is 11.2. The van der Waals surface area contributed by atoms with E-state index in [1.807, 2.05) is 6.07 Å². The van der Waals surface area contributed by atoms with Crippen LogP contribution in [0.2, 0.25) is 5.02 Å². The average molecular weight is 557 g/mol. The Morgan fingerprint density at radius 3 is 2.84 bits per heavy atom. The van der Waals surface area contributed by atoms with Crippen LogP contribution in [0.3, 0.4) is 0 Å². The minimum Gasteiger partial charge on any atom is -0.490 e. The van der Waals surface area contributed by atoms with E-state index in [9.17, 15) is 18.3 Å². The standard InChI is InChI=1S/C29H33ClN2O5S/c30-22-8-10-24-19(14-22)4-3-12-29(24)17-32-16-21-6-9-23(21)26(33)5-1-2-13-38(35,36)31-28(34)20-7-11-27(37-18-29)25(32)15-20/h1,5,7-8,10-11,14-15,21,23,26,33H,2-4,6,9,12-13,16-18H2,(H,31,34)/b5-1-/t21-,23+,26-,29-/m0/s1. The SMILES string of the molecule is O=C1NS(=O)(=O)CC/C=C\[C@H](O)[C@@H]2CC[C@H]2CN2C[C@@]3(CCCc4cc(Cl)ccc43)COc3ccc1cc32. The van der Waals surface area contributed by atoms with Crippen molar-refractivity contribution < 1.29 is 23.1 Å². The summed E-state index contributed by atoms with van der Waals surface area (Å²) in [6.07, 6.45) is 7.94. The number of aliphatic hydroxyl groups is 1. The highest BCUT2D eigenvalue weighted by Crippen LogP contribution is 2.46. The first-order chi connectivity index (χ1) is 18.2. The molecule has 2 aromatic carbocycles. The molecule has 4 atom stereocenters. The summed E-state index contributed by atoms with van der Waals surface area (Å²) in [4.78, 5) is 15.3. The minimum atomic E-state index is -3.82. The van der Waals surface area contributed by atoms with Gasteiger partial charge in [-0.2, -0.15) is 0 Å². The number of aryl methyl sites for hydroxylation is 1. The van der Waals surface area contributed by atoms with Crippen molar-refractivity contribution in [3.05, 3.63) is 70.3 Å². The molecule has 38 heavy (non-hydrogen) atoms. The lowest BCUT2D eigenvalue weighted by atomic mass is 9.68. The van der Waals surface area contributed by atoms with E-state index in [1.54, 1.807) is 30.4 Å². The predicted molar refractivity (Wildman–Crippen MR) is 147 cm³/mol. The number of rotatable bonds is 0. The molecule has 2 aromatic rings. The van der Waals surface area contributed by atoms with Gasteiger partial charge in [0.1, 0.15) is 5.75 Å². The van der Waals surface area contributed by atoms with Crippen LogP contribution >= 0.6 is 11.6 Å². The molecule has 4 aliphatic rings. The second-order valence-corrected chi connectivity index (χ2v) is 13.5. The van der Waals surface area contributed by atoms with Gasteiger partial charge in [-0.05, 0) is 91.8 Å². The average Bonchev–Trinajstić information content (AvgIpc) is 3.01. The molecule has 0 radical (unpaired) electrons. The Morgan fingerprint density at radius 1 is 1.16 bits per heavy atom. The molecular weight excluding hydrogens is 524 g/mol. The van der Waals surface area contributed by atoms with Gasteiger partial charge in [-0.25, -0.2) is 13.1 Å². The van der Waals surface area contributed by atoms with Crippen molar-refractivity contribution in [1.82, 2.24) is 4.72 Å². The summed E-state index contributed by atoms with van der Waals surface area (Å²) in [6.45, 7) is 1.93. The summed E-state index contributed by atoms with van der Waals surface area (Å²) in [7, 11) is -3.82. The van der Waals surface area contributed by atoms with Crippen LogP contribution in [0.1, 0.15) is 53.6 Å². The normalized spacial score (nSPS) is 31.3. The van der Waals surface area contributed by atoms with Crippen LogP contribution in [-0.2, 0) is 21.9 Å². The van der Waals surface area contributed by atoms with Crippen molar-refractivity contribution in [2.75, 3.05) is 30.3 Å². The van der Waals surface area contributed by atoms with Crippen molar-refractivity contribution in [1.29, 1.82) is 0 Å². The Morgan fingerprint density at radius 2 is 2.03 bits per heavy atom. The van der Waals surface area contributed by atoms with Crippen molar-refractivity contribution in [3.8, 4) is 5.75 Å². The smallest absolute Gasteiger partial charge is 0.264 e. The van der Waals surface area contributed by atoms with E-state index in [1.165, 1.54) is 11.1 Å². The third kappa shape index (κ3) is 4.82. The third-order valence-corrected chi connectivity index (χ3v) is 10.3. The fraction of sp³-hybridized carbons (Fsp3) is 0.483. The van der Waals surface area contributed by atoms with Crippen LogP contribution in [0.4, 0.5) is 5.69 Å². The molecule has 1 amide bonds. The van der Waals surface area contributed by atoms with E-state index >= 15 is 0 Å². The Kier molecular flexibility index (Phi) is 6.69. The minimum absolute atomic E-state index is 0.108. The number of anilines is 1. The number of sulfonamides is 1. The van der Waals surface area contributed by atoms with Crippen LogP contribution in [0, 0.1) is 11.8 Å². The van der Waals surface area contributed by atoms with Crippen LogP contribution < -0.4 is 14.4 Å². The van der Waals surface area contributed by atoms with Gasteiger partial charge in [-0.1, -0.05) is 29.8 Å². The van der Waals surface area contributed by atoms with Gasteiger partial charge in [0.2, 0.25) is 10.0 Å². The molecule has 0 aromatic heterocycles. The summed E-state index contributed by atoms with van der Waals surface area (Å²) in [5.74, 6) is 0.198. The number of hydrogen-bond donors (Lipinski definition) is 2. The molecule has 0 saturated heterocycles. The maximum atomic E-state index is 13.0. The first-order valence-corrected chi connectivity index (χ1v) is 15.5. The third-order valence-electron chi connectivity index (χ3n) is 8.80. The Labute approximate surface area is 228 Å². The van der Waals surface area contributed by atoms with E-state index in [0.29, 0.717) is 18.9 Å². The molecule has 1 saturated carbocycles. The zero-order valence-corrected chi connectivity index (χ0v) is 22.8. The molecule has 2 N–H and O–H groups in total. The molecule has 2 bridgehead atoms. The monoisotopic (exact) mass is 556 g/mol. The Hall–Kier alpha value is -2.55.